The van der Waals surface area contributed by atoms with E-state index in [1.165, 1.54) is 0 Å². The molecule has 0 spiro atoms. The van der Waals surface area contributed by atoms with Crippen LogP contribution in [0, 0.1) is 11.3 Å². The van der Waals surface area contributed by atoms with Gasteiger partial charge in [0.2, 0.25) is 0 Å². The van der Waals surface area contributed by atoms with Crippen molar-refractivity contribution < 1.29 is 19.4 Å². The molecule has 1 N–H and O–H groups in total. The fraction of sp³-hybridized carbons (Fsp3) is 0.111. The second kappa shape index (κ2) is 8.18. The zero-order valence-corrected chi connectivity index (χ0v) is 14.4. The van der Waals surface area contributed by atoms with Crippen LogP contribution in [0.4, 0.5) is 0 Å². The van der Waals surface area contributed by atoms with E-state index in [0.29, 0.717) is 22.6 Å². The Morgan fingerprint density at radius 3 is 2.58 bits per heavy atom. The van der Waals surface area contributed by atoms with Crippen LogP contribution in [0.5, 0.6) is 11.5 Å². The lowest BCUT2D eigenvalue weighted by molar-refractivity contribution is -0.139. The number of nitrogens with zero attached hydrogens (tertiary/aromatic N) is 1. The number of halogens is 1. The van der Waals surface area contributed by atoms with Crippen molar-refractivity contribution in [2.75, 3.05) is 13.7 Å². The molecule has 0 aromatic heterocycles. The molecule has 122 valence electrons. The highest BCUT2D eigenvalue weighted by Crippen LogP contribution is 2.28. The van der Waals surface area contributed by atoms with E-state index in [9.17, 15) is 10.1 Å². The molecule has 0 unspecified atom stereocenters. The Morgan fingerprint density at radius 1 is 1.29 bits per heavy atom. The van der Waals surface area contributed by atoms with Crippen molar-refractivity contribution in [1.82, 2.24) is 0 Å². The maximum absolute atomic E-state index is 10.7. The molecule has 24 heavy (non-hydrogen) atoms. The molecule has 6 heteroatoms. The first-order chi connectivity index (χ1) is 11.5. The van der Waals surface area contributed by atoms with Crippen LogP contribution in [0.1, 0.15) is 11.1 Å². The van der Waals surface area contributed by atoms with Gasteiger partial charge in [-0.25, -0.2) is 4.79 Å². The van der Waals surface area contributed by atoms with E-state index in [1.54, 1.807) is 55.7 Å². The third-order valence-corrected chi connectivity index (χ3v) is 3.64. The van der Waals surface area contributed by atoms with Crippen molar-refractivity contribution in [2.45, 2.75) is 0 Å². The molecule has 2 aromatic rings. The molecule has 0 atom stereocenters. The van der Waals surface area contributed by atoms with Crippen molar-refractivity contribution in [1.29, 1.82) is 5.26 Å². The highest BCUT2D eigenvalue weighted by molar-refractivity contribution is 9.10. The van der Waals surface area contributed by atoms with Gasteiger partial charge >= 0.3 is 5.97 Å². The summed E-state index contributed by atoms with van der Waals surface area (Å²) in [7, 11) is 1.57. The first-order valence-electron chi connectivity index (χ1n) is 6.94. The van der Waals surface area contributed by atoms with Crippen LogP contribution in [0.2, 0.25) is 0 Å². The Labute approximate surface area is 147 Å². The third-order valence-electron chi connectivity index (χ3n) is 3.14. The number of carboxylic acids is 1. The van der Waals surface area contributed by atoms with Gasteiger partial charge in [-0.1, -0.05) is 15.9 Å². The van der Waals surface area contributed by atoms with Crippen molar-refractivity contribution in [3.63, 3.8) is 0 Å². The summed E-state index contributed by atoms with van der Waals surface area (Å²) in [5, 5.41) is 18.2. The van der Waals surface area contributed by atoms with E-state index in [-0.39, 0.29) is 0 Å². The number of methoxy groups -OCH3 is 1. The van der Waals surface area contributed by atoms with Crippen molar-refractivity contribution in [3.05, 3.63) is 58.1 Å². The zero-order chi connectivity index (χ0) is 17.5. The van der Waals surface area contributed by atoms with Crippen LogP contribution < -0.4 is 9.47 Å². The van der Waals surface area contributed by atoms with Gasteiger partial charge in [-0.2, -0.15) is 5.26 Å². The van der Waals surface area contributed by atoms with Crippen LogP contribution in [0.15, 0.2) is 46.9 Å². The van der Waals surface area contributed by atoms with Crippen LogP contribution in [0.3, 0.4) is 0 Å². The maximum Gasteiger partial charge on any atom is 0.341 e. The number of aliphatic carboxylic acids is 1. The van der Waals surface area contributed by atoms with E-state index in [4.69, 9.17) is 14.6 Å². The maximum atomic E-state index is 10.7. The zero-order valence-electron chi connectivity index (χ0n) is 12.8. The molecule has 0 radical (unpaired) electrons. The van der Waals surface area contributed by atoms with Gasteiger partial charge in [0.15, 0.2) is 6.61 Å². The molecule has 0 amide bonds. The van der Waals surface area contributed by atoms with E-state index in [2.05, 4.69) is 22.0 Å². The molecular weight excluding hydrogens is 374 g/mol. The summed E-state index contributed by atoms with van der Waals surface area (Å²) in [6, 6.07) is 14.4. The highest BCUT2D eigenvalue weighted by Gasteiger charge is 2.08. The lowest BCUT2D eigenvalue weighted by Crippen LogP contribution is -2.10. The molecular formula is C18H14BrNO4. The van der Waals surface area contributed by atoms with Gasteiger partial charge in [-0.15, -0.1) is 0 Å². The van der Waals surface area contributed by atoms with Crippen molar-refractivity contribution in [3.8, 4) is 17.6 Å². The lowest BCUT2D eigenvalue weighted by Gasteiger charge is -2.09. The monoisotopic (exact) mass is 387 g/mol. The minimum absolute atomic E-state index is 0.391. The molecule has 0 aliphatic heterocycles. The van der Waals surface area contributed by atoms with Crippen LogP contribution in [-0.2, 0) is 4.79 Å². The van der Waals surface area contributed by atoms with Gasteiger partial charge < -0.3 is 14.6 Å². The SMILES string of the molecule is COc1ccc(/C(C#N)=C/c2cc(Br)ccc2OCC(=O)O)cc1. The van der Waals surface area contributed by atoms with Gasteiger partial charge in [0.05, 0.1) is 18.8 Å². The molecule has 2 aromatic carbocycles. The summed E-state index contributed by atoms with van der Waals surface area (Å²) in [6.07, 6.45) is 1.66. The smallest absolute Gasteiger partial charge is 0.341 e. The quantitative estimate of drug-likeness (QED) is 0.598. The number of nitriles is 1. The van der Waals surface area contributed by atoms with E-state index in [1.807, 2.05) is 0 Å². The Hall–Kier alpha value is -2.78. The predicted octanol–water partition coefficient (Wildman–Crippen LogP) is 3.99. The normalized spacial score (nSPS) is 10.8. The Kier molecular flexibility index (Phi) is 5.99. The fourth-order valence-electron chi connectivity index (χ4n) is 2.01. The summed E-state index contributed by atoms with van der Waals surface area (Å²) < 4.78 is 11.2. The predicted molar refractivity (Wildman–Crippen MR) is 93.8 cm³/mol. The number of hydrogen-bond acceptors (Lipinski definition) is 4. The summed E-state index contributed by atoms with van der Waals surface area (Å²) in [6.45, 7) is -0.451. The topological polar surface area (TPSA) is 79.5 Å². The second-order valence-electron chi connectivity index (χ2n) is 4.76. The second-order valence-corrected chi connectivity index (χ2v) is 5.68. The Morgan fingerprint density at radius 2 is 2.00 bits per heavy atom. The van der Waals surface area contributed by atoms with E-state index in [0.717, 1.165) is 10.0 Å². The largest absolute Gasteiger partial charge is 0.497 e. The summed E-state index contributed by atoms with van der Waals surface area (Å²) in [5.74, 6) is 0.0225. The number of ether oxygens (including phenoxy) is 2. The first kappa shape index (κ1) is 17.6. The van der Waals surface area contributed by atoms with Crippen LogP contribution in [-0.4, -0.2) is 24.8 Å². The summed E-state index contributed by atoms with van der Waals surface area (Å²) in [4.78, 5) is 10.7. The number of benzene rings is 2. The van der Waals surface area contributed by atoms with Gasteiger partial charge in [-0.05, 0) is 54.1 Å². The molecule has 0 saturated carbocycles. The average molecular weight is 388 g/mol. The van der Waals surface area contributed by atoms with Crippen molar-refractivity contribution >= 4 is 33.5 Å². The summed E-state index contributed by atoms with van der Waals surface area (Å²) >= 11 is 3.36. The van der Waals surface area contributed by atoms with Crippen LogP contribution >= 0.6 is 15.9 Å². The fourth-order valence-corrected chi connectivity index (χ4v) is 2.39. The number of allylic oxidation sites excluding steroid dienone is 1. The minimum Gasteiger partial charge on any atom is -0.497 e. The number of carboxylic acid groups (broad SMARTS) is 1. The van der Waals surface area contributed by atoms with Crippen LogP contribution in [0.25, 0.3) is 11.6 Å². The molecule has 5 nitrogen and oxygen atoms in total. The number of hydrogen-bond donors (Lipinski definition) is 1. The highest BCUT2D eigenvalue weighted by atomic mass is 79.9. The van der Waals surface area contributed by atoms with Crippen molar-refractivity contribution in [2.24, 2.45) is 0 Å². The average Bonchev–Trinajstić information content (AvgIpc) is 2.59. The lowest BCUT2D eigenvalue weighted by atomic mass is 10.0. The molecule has 0 heterocycles. The van der Waals surface area contributed by atoms with Gasteiger partial charge in [0.25, 0.3) is 0 Å². The molecule has 0 bridgehead atoms. The number of rotatable bonds is 6. The number of carbonyl (C=O) groups is 1. The minimum atomic E-state index is -1.07. The van der Waals surface area contributed by atoms with E-state index < -0.39 is 12.6 Å². The Bertz CT molecular complexity index is 807. The van der Waals surface area contributed by atoms with Gasteiger partial charge in [-0.3, -0.25) is 0 Å². The van der Waals surface area contributed by atoms with Gasteiger partial charge in [0, 0.05) is 10.0 Å². The molecule has 0 aliphatic carbocycles. The molecule has 0 saturated heterocycles. The first-order valence-corrected chi connectivity index (χ1v) is 7.73. The molecule has 0 fully saturated rings. The summed E-state index contributed by atoms with van der Waals surface area (Å²) in [5.41, 5.74) is 1.76. The third kappa shape index (κ3) is 4.61. The van der Waals surface area contributed by atoms with E-state index >= 15 is 0 Å². The van der Waals surface area contributed by atoms with Gasteiger partial charge in [0.1, 0.15) is 11.5 Å². The molecule has 0 aliphatic rings. The molecule has 2 rings (SSSR count). The standard InChI is InChI=1S/C18H14BrNO4/c1-23-16-5-2-12(3-6-16)14(10-20)8-13-9-15(19)4-7-17(13)24-11-18(21)22/h2-9H,11H2,1H3,(H,21,22)/b14-8+. The Balaban J connectivity index is 2.40.